The van der Waals surface area contributed by atoms with Crippen molar-refractivity contribution >= 4 is 11.6 Å². The molecule has 1 amide bonds. The first-order chi connectivity index (χ1) is 10.0. The van der Waals surface area contributed by atoms with Crippen LogP contribution in [0, 0.1) is 5.92 Å². The maximum absolute atomic E-state index is 12.3. The Balaban J connectivity index is 1.92. The molecule has 0 bridgehead atoms. The third kappa shape index (κ3) is 5.14. The molecule has 1 heterocycles. The molecule has 1 aromatic carbocycles. The van der Waals surface area contributed by atoms with Crippen molar-refractivity contribution in [1.29, 1.82) is 0 Å². The lowest BCUT2D eigenvalue weighted by molar-refractivity contribution is -0.120. The number of hydrogen-bond donors (Lipinski definition) is 2. The number of hydrogen-bond acceptors (Lipinski definition) is 3. The summed E-state index contributed by atoms with van der Waals surface area (Å²) in [5.74, 6) is 0.238. The molecule has 0 radical (unpaired) electrons. The number of anilines is 1. The monoisotopic (exact) mass is 290 g/mol. The van der Waals surface area contributed by atoms with Crippen LogP contribution in [-0.2, 0) is 16.1 Å². The molecule has 1 aliphatic heterocycles. The summed E-state index contributed by atoms with van der Waals surface area (Å²) in [6, 6.07) is 8.32. The fourth-order valence-corrected chi connectivity index (χ4v) is 2.62. The molecule has 0 unspecified atom stereocenters. The number of carbonyl (C=O) groups excluding carboxylic acids is 1. The van der Waals surface area contributed by atoms with E-state index in [0.29, 0.717) is 12.6 Å². The summed E-state index contributed by atoms with van der Waals surface area (Å²) in [5, 5.41) is 6.41. The minimum absolute atomic E-state index is 0.108. The molecule has 116 valence electrons. The van der Waals surface area contributed by atoms with E-state index in [4.69, 9.17) is 4.74 Å². The highest BCUT2D eigenvalue weighted by Gasteiger charge is 2.24. The first-order valence-corrected chi connectivity index (χ1v) is 7.79. The van der Waals surface area contributed by atoms with Gasteiger partial charge >= 0.3 is 0 Å². The van der Waals surface area contributed by atoms with Crippen LogP contribution in [0.1, 0.15) is 39.2 Å². The summed E-state index contributed by atoms with van der Waals surface area (Å²) in [5.41, 5.74) is 1.94. The third-order valence-corrected chi connectivity index (χ3v) is 3.77. The van der Waals surface area contributed by atoms with E-state index in [1.54, 1.807) is 0 Å². The van der Waals surface area contributed by atoms with Gasteiger partial charge in [-0.3, -0.25) is 4.79 Å². The Bertz CT molecular complexity index is 474. The van der Waals surface area contributed by atoms with E-state index in [2.05, 4.69) is 17.6 Å². The van der Waals surface area contributed by atoms with Gasteiger partial charge in [0.25, 0.3) is 0 Å². The van der Waals surface area contributed by atoms with Crippen LogP contribution in [0.4, 0.5) is 5.69 Å². The van der Waals surface area contributed by atoms with Gasteiger partial charge in [0.1, 0.15) is 0 Å². The molecule has 1 saturated heterocycles. The average molecular weight is 290 g/mol. The lowest BCUT2D eigenvalue weighted by atomic mass is 9.92. The van der Waals surface area contributed by atoms with Crippen molar-refractivity contribution in [3.8, 4) is 0 Å². The van der Waals surface area contributed by atoms with Crippen LogP contribution in [0.5, 0.6) is 0 Å². The van der Waals surface area contributed by atoms with Crippen LogP contribution < -0.4 is 10.6 Å². The first kappa shape index (κ1) is 16.0. The predicted octanol–water partition coefficient (Wildman–Crippen LogP) is 2.94. The van der Waals surface area contributed by atoms with Crippen molar-refractivity contribution in [3.63, 3.8) is 0 Å². The molecule has 0 spiro atoms. The zero-order chi connectivity index (χ0) is 15.2. The van der Waals surface area contributed by atoms with Crippen molar-refractivity contribution in [2.24, 2.45) is 5.92 Å². The van der Waals surface area contributed by atoms with Crippen LogP contribution in [0.3, 0.4) is 0 Å². The highest BCUT2D eigenvalue weighted by molar-refractivity contribution is 5.92. The van der Waals surface area contributed by atoms with E-state index in [-0.39, 0.29) is 17.9 Å². The largest absolute Gasteiger partial charge is 0.374 e. The quantitative estimate of drug-likeness (QED) is 0.876. The number of ether oxygens (including phenoxy) is 1. The molecule has 4 nitrogen and oxygen atoms in total. The van der Waals surface area contributed by atoms with Crippen LogP contribution in [-0.4, -0.2) is 24.6 Å². The SMILES string of the molecule is CC(C)OCc1cccc(NC(=O)[C@H]2CCN[C@@H](C)C2)c1. The van der Waals surface area contributed by atoms with Crippen molar-refractivity contribution in [2.45, 2.75) is 52.4 Å². The molecule has 0 aliphatic carbocycles. The standard InChI is InChI=1S/C17H26N2O2/c1-12(2)21-11-14-5-4-6-16(10-14)19-17(20)15-7-8-18-13(3)9-15/h4-6,10,12-13,15,18H,7-9,11H2,1-3H3,(H,19,20)/t13-,15-/m0/s1. The second-order valence-electron chi connectivity index (χ2n) is 6.13. The highest BCUT2D eigenvalue weighted by atomic mass is 16.5. The molecule has 0 aromatic heterocycles. The Labute approximate surface area is 127 Å². The fourth-order valence-electron chi connectivity index (χ4n) is 2.62. The lowest BCUT2D eigenvalue weighted by Crippen LogP contribution is -2.40. The maximum Gasteiger partial charge on any atom is 0.227 e. The number of rotatable bonds is 5. The van der Waals surface area contributed by atoms with Gasteiger partial charge in [0, 0.05) is 17.6 Å². The number of nitrogens with one attached hydrogen (secondary N) is 2. The van der Waals surface area contributed by atoms with Gasteiger partial charge in [0.05, 0.1) is 12.7 Å². The van der Waals surface area contributed by atoms with Crippen molar-refractivity contribution in [2.75, 3.05) is 11.9 Å². The Hall–Kier alpha value is -1.39. The Morgan fingerprint density at radius 1 is 1.48 bits per heavy atom. The van der Waals surface area contributed by atoms with E-state index < -0.39 is 0 Å². The summed E-state index contributed by atoms with van der Waals surface area (Å²) >= 11 is 0. The fraction of sp³-hybridized carbons (Fsp3) is 0.588. The molecular formula is C17H26N2O2. The summed E-state index contributed by atoms with van der Waals surface area (Å²) < 4.78 is 5.60. The first-order valence-electron chi connectivity index (χ1n) is 7.79. The number of benzene rings is 1. The van der Waals surface area contributed by atoms with Crippen molar-refractivity contribution in [1.82, 2.24) is 5.32 Å². The highest BCUT2D eigenvalue weighted by Crippen LogP contribution is 2.19. The van der Waals surface area contributed by atoms with Crippen LogP contribution in [0.15, 0.2) is 24.3 Å². The van der Waals surface area contributed by atoms with Crippen LogP contribution in [0.25, 0.3) is 0 Å². The second-order valence-corrected chi connectivity index (χ2v) is 6.13. The van der Waals surface area contributed by atoms with Crippen LogP contribution >= 0.6 is 0 Å². The molecule has 1 aliphatic rings. The Morgan fingerprint density at radius 3 is 3.00 bits per heavy atom. The molecule has 2 atom stereocenters. The average Bonchev–Trinajstić information content (AvgIpc) is 2.45. The third-order valence-electron chi connectivity index (χ3n) is 3.77. The van der Waals surface area contributed by atoms with Crippen LogP contribution in [0.2, 0.25) is 0 Å². The molecule has 2 rings (SSSR count). The van der Waals surface area contributed by atoms with Gasteiger partial charge in [0.15, 0.2) is 0 Å². The zero-order valence-electron chi connectivity index (χ0n) is 13.2. The van der Waals surface area contributed by atoms with E-state index in [1.807, 2.05) is 38.1 Å². The Morgan fingerprint density at radius 2 is 2.29 bits per heavy atom. The summed E-state index contributed by atoms with van der Waals surface area (Å²) in [7, 11) is 0. The molecule has 0 saturated carbocycles. The number of carbonyl (C=O) groups is 1. The molecule has 1 fully saturated rings. The summed E-state index contributed by atoms with van der Waals surface area (Å²) in [6.07, 6.45) is 2.02. The molecule has 1 aromatic rings. The topological polar surface area (TPSA) is 50.4 Å². The molecular weight excluding hydrogens is 264 g/mol. The Kier molecular flexibility index (Phi) is 5.76. The van der Waals surface area contributed by atoms with Gasteiger partial charge in [-0.25, -0.2) is 0 Å². The minimum Gasteiger partial charge on any atom is -0.374 e. The molecule has 21 heavy (non-hydrogen) atoms. The summed E-state index contributed by atoms with van der Waals surface area (Å²) in [6.45, 7) is 7.66. The van der Waals surface area contributed by atoms with Gasteiger partial charge < -0.3 is 15.4 Å². The van der Waals surface area contributed by atoms with Crippen molar-refractivity contribution < 1.29 is 9.53 Å². The van der Waals surface area contributed by atoms with Gasteiger partial charge in [0.2, 0.25) is 5.91 Å². The minimum atomic E-state index is 0.108. The van der Waals surface area contributed by atoms with Gasteiger partial charge in [-0.15, -0.1) is 0 Å². The zero-order valence-corrected chi connectivity index (χ0v) is 13.2. The van der Waals surface area contributed by atoms with E-state index in [0.717, 1.165) is 30.6 Å². The number of piperidine rings is 1. The van der Waals surface area contributed by atoms with E-state index >= 15 is 0 Å². The lowest BCUT2D eigenvalue weighted by Gasteiger charge is -2.27. The molecule has 4 heteroatoms. The van der Waals surface area contributed by atoms with Gasteiger partial charge in [-0.1, -0.05) is 12.1 Å². The smallest absolute Gasteiger partial charge is 0.227 e. The summed E-state index contributed by atoms with van der Waals surface area (Å²) in [4.78, 5) is 12.3. The second kappa shape index (κ2) is 7.57. The predicted molar refractivity (Wildman–Crippen MR) is 85.2 cm³/mol. The van der Waals surface area contributed by atoms with E-state index in [9.17, 15) is 4.79 Å². The van der Waals surface area contributed by atoms with Crippen molar-refractivity contribution in [3.05, 3.63) is 29.8 Å². The van der Waals surface area contributed by atoms with E-state index in [1.165, 1.54) is 0 Å². The van der Waals surface area contributed by atoms with Gasteiger partial charge in [-0.05, 0) is 57.9 Å². The molecule has 2 N–H and O–H groups in total. The normalized spacial score (nSPS) is 22.3. The number of amides is 1. The van der Waals surface area contributed by atoms with Gasteiger partial charge in [-0.2, -0.15) is 0 Å². The maximum atomic E-state index is 12.3.